The predicted molar refractivity (Wildman–Crippen MR) is 132 cm³/mol. The Morgan fingerprint density at radius 2 is 1.79 bits per heavy atom. The first kappa shape index (κ1) is 24.3. The van der Waals surface area contributed by atoms with Gasteiger partial charge in [-0.15, -0.1) is 11.3 Å². The van der Waals surface area contributed by atoms with Crippen LogP contribution in [0.5, 0.6) is 5.75 Å². The third kappa shape index (κ3) is 7.62. The minimum absolute atomic E-state index is 0.121. The number of anilines is 3. The maximum absolute atomic E-state index is 12.4. The van der Waals surface area contributed by atoms with E-state index in [4.69, 9.17) is 4.74 Å². The molecule has 0 saturated carbocycles. The van der Waals surface area contributed by atoms with Crippen molar-refractivity contribution in [2.75, 3.05) is 28.8 Å². The Bertz CT molecular complexity index is 1160. The number of aromatic nitrogens is 1. The molecular weight excluding hydrogens is 460 g/mol. The summed E-state index contributed by atoms with van der Waals surface area (Å²) < 4.78 is 6.02. The minimum atomic E-state index is -0.198. The van der Waals surface area contributed by atoms with Crippen molar-refractivity contribution in [2.45, 2.75) is 24.6 Å². The van der Waals surface area contributed by atoms with Crippen molar-refractivity contribution in [1.29, 1.82) is 0 Å². The van der Waals surface area contributed by atoms with Crippen LogP contribution >= 0.6 is 23.1 Å². The molecule has 33 heavy (non-hydrogen) atoms. The summed E-state index contributed by atoms with van der Waals surface area (Å²) in [4.78, 5) is 40.3. The molecule has 3 aromatic rings. The summed E-state index contributed by atoms with van der Waals surface area (Å²) >= 11 is 2.68. The zero-order valence-corrected chi connectivity index (χ0v) is 20.1. The number of benzene rings is 2. The van der Waals surface area contributed by atoms with Gasteiger partial charge in [0.1, 0.15) is 5.75 Å². The van der Waals surface area contributed by atoms with Crippen molar-refractivity contribution >= 4 is 57.9 Å². The average molecular weight is 485 g/mol. The summed E-state index contributed by atoms with van der Waals surface area (Å²) in [6, 6.07) is 12.5. The average Bonchev–Trinajstić information content (AvgIpc) is 3.20. The Labute approximate surface area is 200 Å². The number of carbonyl (C=O) groups is 3. The zero-order valence-electron chi connectivity index (χ0n) is 18.4. The normalized spacial score (nSPS) is 10.4. The number of hydrogen-bond acceptors (Lipinski definition) is 7. The molecule has 0 aliphatic heterocycles. The van der Waals surface area contributed by atoms with E-state index in [1.165, 1.54) is 30.0 Å². The van der Waals surface area contributed by atoms with Gasteiger partial charge in [-0.25, -0.2) is 4.98 Å². The number of hydrogen-bond donors (Lipinski definition) is 3. The van der Waals surface area contributed by atoms with E-state index in [2.05, 4.69) is 20.9 Å². The Balaban J connectivity index is 1.49. The number of thioether (sulfide) groups is 1. The fourth-order valence-corrected chi connectivity index (χ4v) is 4.54. The molecule has 0 radical (unpaired) electrons. The van der Waals surface area contributed by atoms with Gasteiger partial charge in [0, 0.05) is 23.7 Å². The fourth-order valence-electron chi connectivity index (χ4n) is 2.90. The molecule has 0 spiro atoms. The zero-order chi connectivity index (χ0) is 23.8. The van der Waals surface area contributed by atoms with Gasteiger partial charge in [-0.1, -0.05) is 23.9 Å². The highest BCUT2D eigenvalue weighted by atomic mass is 32.2. The van der Waals surface area contributed by atoms with E-state index in [1.807, 2.05) is 24.4 Å². The largest absolute Gasteiger partial charge is 0.495 e. The van der Waals surface area contributed by atoms with E-state index in [0.29, 0.717) is 32.8 Å². The molecule has 0 atom stereocenters. The van der Waals surface area contributed by atoms with Gasteiger partial charge in [-0.3, -0.25) is 14.4 Å². The molecule has 3 amide bonds. The van der Waals surface area contributed by atoms with Crippen molar-refractivity contribution in [1.82, 2.24) is 4.98 Å². The quantitative estimate of drug-likeness (QED) is 0.390. The van der Waals surface area contributed by atoms with Gasteiger partial charge >= 0.3 is 0 Å². The Kier molecular flexibility index (Phi) is 8.45. The molecule has 172 valence electrons. The van der Waals surface area contributed by atoms with Gasteiger partial charge in [0.15, 0.2) is 4.34 Å². The number of ether oxygens (including phenoxy) is 1. The second kappa shape index (κ2) is 11.5. The van der Waals surface area contributed by atoms with E-state index in [9.17, 15) is 14.4 Å². The van der Waals surface area contributed by atoms with Crippen LogP contribution in [0, 0.1) is 6.92 Å². The number of methoxy groups -OCH3 is 1. The molecule has 3 N–H and O–H groups in total. The van der Waals surface area contributed by atoms with E-state index in [1.54, 1.807) is 37.4 Å². The third-order valence-corrected chi connectivity index (χ3v) is 6.37. The van der Waals surface area contributed by atoms with Gasteiger partial charge in [0.05, 0.1) is 30.7 Å². The lowest BCUT2D eigenvalue weighted by Gasteiger charge is -2.10. The second-order valence-corrected chi connectivity index (χ2v) is 9.21. The predicted octanol–water partition coefficient (Wildman–Crippen LogP) is 4.33. The fraction of sp³-hybridized carbons (Fsp3) is 0.217. The molecule has 0 bridgehead atoms. The number of amides is 3. The van der Waals surface area contributed by atoms with Crippen LogP contribution in [0.25, 0.3) is 0 Å². The summed E-state index contributed by atoms with van der Waals surface area (Å²) in [5.41, 5.74) is 3.48. The first-order valence-corrected chi connectivity index (χ1v) is 11.9. The van der Waals surface area contributed by atoms with E-state index in [0.717, 1.165) is 5.56 Å². The summed E-state index contributed by atoms with van der Waals surface area (Å²) in [5.74, 6) is 0.202. The van der Waals surface area contributed by atoms with Gasteiger partial charge in [0.2, 0.25) is 17.7 Å². The van der Waals surface area contributed by atoms with Crippen LogP contribution in [0.3, 0.4) is 0 Å². The monoisotopic (exact) mass is 484 g/mol. The van der Waals surface area contributed by atoms with Crippen molar-refractivity contribution in [3.05, 3.63) is 59.1 Å². The Morgan fingerprint density at radius 3 is 2.52 bits per heavy atom. The first-order valence-electron chi connectivity index (χ1n) is 10.0. The summed E-state index contributed by atoms with van der Waals surface area (Å²) in [7, 11) is 1.56. The lowest BCUT2D eigenvalue weighted by Crippen LogP contribution is -2.15. The van der Waals surface area contributed by atoms with Gasteiger partial charge < -0.3 is 20.7 Å². The molecule has 0 unspecified atom stereocenters. The summed E-state index contributed by atoms with van der Waals surface area (Å²) in [6.45, 7) is 3.37. The molecule has 1 aromatic heterocycles. The molecule has 0 fully saturated rings. The van der Waals surface area contributed by atoms with Crippen LogP contribution < -0.4 is 20.7 Å². The molecular formula is C23H24N4O4S2. The number of rotatable bonds is 9. The summed E-state index contributed by atoms with van der Waals surface area (Å²) in [6.07, 6.45) is 0.121. The number of nitrogens with zero attached hydrogens (tertiary/aromatic N) is 1. The smallest absolute Gasteiger partial charge is 0.234 e. The number of aryl methyl sites for hydroxylation is 1. The molecule has 0 saturated heterocycles. The van der Waals surface area contributed by atoms with E-state index < -0.39 is 0 Å². The van der Waals surface area contributed by atoms with E-state index >= 15 is 0 Å². The Morgan fingerprint density at radius 1 is 1.03 bits per heavy atom. The minimum Gasteiger partial charge on any atom is -0.495 e. The molecule has 2 aromatic carbocycles. The molecule has 1 heterocycles. The molecule has 10 heteroatoms. The third-order valence-electron chi connectivity index (χ3n) is 4.30. The van der Waals surface area contributed by atoms with Gasteiger partial charge in [0.25, 0.3) is 0 Å². The van der Waals surface area contributed by atoms with Crippen molar-refractivity contribution in [2.24, 2.45) is 0 Å². The lowest BCUT2D eigenvalue weighted by molar-refractivity contribution is -0.116. The number of thiazole rings is 1. The molecule has 0 aliphatic rings. The van der Waals surface area contributed by atoms with Crippen LogP contribution in [-0.4, -0.2) is 35.6 Å². The standard InChI is InChI=1S/C23H24N4O4S2/c1-14-7-8-19(20(9-14)31-3)27-21(29)11-18-12-32-23(26-18)33-13-22(30)25-17-6-4-5-16(10-17)24-15(2)28/h4-10,12H,11,13H2,1-3H3,(H,24,28)(H,25,30)(H,27,29). The maximum Gasteiger partial charge on any atom is 0.234 e. The van der Waals surface area contributed by atoms with Crippen molar-refractivity contribution in [3.63, 3.8) is 0 Å². The van der Waals surface area contributed by atoms with Crippen molar-refractivity contribution in [3.8, 4) is 5.75 Å². The van der Waals surface area contributed by atoms with Gasteiger partial charge in [-0.2, -0.15) is 0 Å². The van der Waals surface area contributed by atoms with Crippen LogP contribution in [0.4, 0.5) is 17.1 Å². The SMILES string of the molecule is COc1cc(C)ccc1NC(=O)Cc1csc(SCC(=O)Nc2cccc(NC(C)=O)c2)n1. The maximum atomic E-state index is 12.4. The highest BCUT2D eigenvalue weighted by molar-refractivity contribution is 8.01. The first-order chi connectivity index (χ1) is 15.8. The Hall–Kier alpha value is -3.37. The molecule has 0 aliphatic carbocycles. The van der Waals surface area contributed by atoms with Crippen LogP contribution in [0.15, 0.2) is 52.2 Å². The highest BCUT2D eigenvalue weighted by Crippen LogP contribution is 2.26. The number of nitrogens with one attached hydrogen (secondary N) is 3. The van der Waals surface area contributed by atoms with Gasteiger partial charge in [-0.05, 0) is 42.8 Å². The topological polar surface area (TPSA) is 109 Å². The second-order valence-electron chi connectivity index (χ2n) is 7.13. The van der Waals surface area contributed by atoms with Crippen LogP contribution in [0.2, 0.25) is 0 Å². The van der Waals surface area contributed by atoms with Crippen molar-refractivity contribution < 1.29 is 19.1 Å². The molecule has 3 rings (SSSR count). The number of carbonyl (C=O) groups excluding carboxylic acids is 3. The highest BCUT2D eigenvalue weighted by Gasteiger charge is 2.12. The van der Waals surface area contributed by atoms with E-state index in [-0.39, 0.29) is 29.9 Å². The summed E-state index contributed by atoms with van der Waals surface area (Å²) in [5, 5.41) is 10.1. The van der Waals surface area contributed by atoms with Crippen LogP contribution in [-0.2, 0) is 20.8 Å². The lowest BCUT2D eigenvalue weighted by atomic mass is 10.2. The molecule has 8 nitrogen and oxygen atoms in total. The van der Waals surface area contributed by atoms with Crippen LogP contribution in [0.1, 0.15) is 18.2 Å².